The van der Waals surface area contributed by atoms with Crippen LogP contribution in [0.3, 0.4) is 0 Å². The fourth-order valence-electron chi connectivity index (χ4n) is 2.52. The summed E-state index contributed by atoms with van der Waals surface area (Å²) in [5.41, 5.74) is 2.30. The number of benzene rings is 1. The van der Waals surface area contributed by atoms with E-state index >= 15 is 0 Å². The van der Waals surface area contributed by atoms with Crippen LogP contribution in [0.5, 0.6) is 5.75 Å². The summed E-state index contributed by atoms with van der Waals surface area (Å²) in [5, 5.41) is 6.30. The van der Waals surface area contributed by atoms with E-state index in [2.05, 4.69) is 26.4 Å². The summed E-state index contributed by atoms with van der Waals surface area (Å²) >= 11 is 6.82. The molecule has 2 aromatic rings. The topological polar surface area (TPSA) is 91.8 Å². The minimum Gasteiger partial charge on any atom is -0.496 e. The molecule has 0 fully saturated rings. The van der Waals surface area contributed by atoms with Gasteiger partial charge in [0.05, 0.1) is 11.4 Å². The zero-order valence-corrected chi connectivity index (χ0v) is 21.2. The van der Waals surface area contributed by atoms with Crippen molar-refractivity contribution in [1.29, 1.82) is 0 Å². The van der Waals surface area contributed by atoms with Crippen molar-refractivity contribution in [1.82, 2.24) is 15.4 Å². The Kier molecular flexibility index (Phi) is 11.3. The number of nitrogens with one attached hydrogen (secondary N) is 3. The summed E-state index contributed by atoms with van der Waals surface area (Å²) in [7, 11) is -0.212. The molecule has 1 aromatic heterocycles. The van der Waals surface area contributed by atoms with Crippen LogP contribution in [0.4, 0.5) is 0 Å². The molecule has 3 N–H and O–H groups in total. The molecule has 29 heavy (non-hydrogen) atoms. The van der Waals surface area contributed by atoms with Crippen LogP contribution < -0.4 is 20.1 Å². The van der Waals surface area contributed by atoms with E-state index in [1.807, 2.05) is 19.1 Å². The maximum atomic E-state index is 12.1. The summed E-state index contributed by atoms with van der Waals surface area (Å²) in [6.07, 6.45) is 0.775. The molecule has 0 aliphatic heterocycles. The van der Waals surface area contributed by atoms with Gasteiger partial charge < -0.3 is 15.4 Å². The largest absolute Gasteiger partial charge is 0.496 e. The quantitative estimate of drug-likeness (QED) is 0.186. The molecular weight excluding hydrogens is 547 g/mol. The minimum atomic E-state index is -3.54. The first kappa shape index (κ1) is 26.0. The maximum Gasteiger partial charge on any atom is 0.250 e. The molecule has 1 heterocycles. The highest BCUT2D eigenvalue weighted by Crippen LogP contribution is 2.25. The number of sulfonamides is 1. The number of aryl methyl sites for hydroxylation is 1. The number of thiophene rings is 1. The fourth-order valence-corrected chi connectivity index (χ4v) is 5.08. The Morgan fingerprint density at radius 3 is 2.52 bits per heavy atom. The van der Waals surface area contributed by atoms with Crippen LogP contribution in [0.2, 0.25) is 4.34 Å². The summed E-state index contributed by atoms with van der Waals surface area (Å²) in [6.45, 7) is 3.33. The molecule has 0 amide bonds. The number of ether oxygens (including phenoxy) is 1. The van der Waals surface area contributed by atoms with E-state index in [-0.39, 0.29) is 34.7 Å². The van der Waals surface area contributed by atoms with E-state index in [0.717, 1.165) is 29.1 Å². The van der Waals surface area contributed by atoms with Gasteiger partial charge in [-0.05, 0) is 37.1 Å². The molecule has 0 radical (unpaired) electrons. The van der Waals surface area contributed by atoms with Crippen LogP contribution in [0.1, 0.15) is 11.1 Å². The van der Waals surface area contributed by atoms with Crippen LogP contribution in [-0.4, -0.2) is 48.2 Å². The number of hydrogen-bond acceptors (Lipinski definition) is 5. The number of guanidine groups is 1. The van der Waals surface area contributed by atoms with Gasteiger partial charge in [-0.15, -0.1) is 35.3 Å². The van der Waals surface area contributed by atoms with E-state index in [9.17, 15) is 8.42 Å². The van der Waals surface area contributed by atoms with Crippen molar-refractivity contribution in [2.45, 2.75) is 17.6 Å². The molecule has 1 aromatic carbocycles. The number of nitrogens with zero attached hydrogens (tertiary/aromatic N) is 1. The first-order chi connectivity index (χ1) is 13.4. The minimum absolute atomic E-state index is 0. The van der Waals surface area contributed by atoms with Crippen molar-refractivity contribution in [3.63, 3.8) is 0 Å². The lowest BCUT2D eigenvalue weighted by Crippen LogP contribution is -2.42. The van der Waals surface area contributed by atoms with Gasteiger partial charge in [0.15, 0.2) is 5.96 Å². The summed E-state index contributed by atoms with van der Waals surface area (Å²) in [4.78, 5) is 4.15. The predicted molar refractivity (Wildman–Crippen MR) is 131 cm³/mol. The van der Waals surface area contributed by atoms with Crippen molar-refractivity contribution >= 4 is 62.9 Å². The molecule has 0 saturated carbocycles. The third-order valence-corrected chi connectivity index (χ3v) is 7.05. The van der Waals surface area contributed by atoms with Gasteiger partial charge in [0.1, 0.15) is 9.96 Å². The maximum absolute atomic E-state index is 12.1. The summed E-state index contributed by atoms with van der Waals surface area (Å²) in [5.74, 6) is 1.46. The highest BCUT2D eigenvalue weighted by atomic mass is 127. The fraction of sp³-hybridized carbons (Fsp3) is 0.389. The van der Waals surface area contributed by atoms with Gasteiger partial charge in [0, 0.05) is 26.7 Å². The Hall–Kier alpha value is -1.08. The van der Waals surface area contributed by atoms with Gasteiger partial charge in [0.25, 0.3) is 0 Å². The number of methoxy groups -OCH3 is 1. The lowest BCUT2D eigenvalue weighted by Gasteiger charge is -2.14. The zero-order valence-electron chi connectivity index (χ0n) is 16.5. The molecule has 7 nitrogen and oxygen atoms in total. The van der Waals surface area contributed by atoms with Gasteiger partial charge in [-0.3, -0.25) is 4.99 Å². The third kappa shape index (κ3) is 8.28. The Balaban J connectivity index is 0.00000420. The molecule has 0 bridgehead atoms. The SMILES string of the molecule is CN=C(NCCNS(=O)(=O)c1ccc(Cl)s1)NCCc1cc(C)ccc1OC.I. The second kappa shape index (κ2) is 12.6. The number of rotatable bonds is 9. The monoisotopic (exact) mass is 572 g/mol. The van der Waals surface area contributed by atoms with Gasteiger partial charge in [-0.25, -0.2) is 13.1 Å². The van der Waals surface area contributed by atoms with Crippen LogP contribution in [0.25, 0.3) is 0 Å². The zero-order chi connectivity index (χ0) is 20.6. The Bertz CT molecular complexity index is 920. The molecule has 2 rings (SSSR count). The van der Waals surface area contributed by atoms with Crippen LogP contribution in [-0.2, 0) is 16.4 Å². The standard InChI is InChI=1S/C18H25ClN4O3S2.HI/c1-13-4-5-15(26-3)14(12-13)8-9-21-18(20-2)22-10-11-23-28(24,25)17-7-6-16(19)27-17;/h4-7,12,23H,8-11H2,1-3H3,(H2,20,21,22);1H. The van der Waals surface area contributed by atoms with Crippen LogP contribution in [0, 0.1) is 6.92 Å². The average molecular weight is 573 g/mol. The van der Waals surface area contributed by atoms with Crippen molar-refractivity contribution in [3.05, 3.63) is 45.8 Å². The van der Waals surface area contributed by atoms with E-state index in [1.165, 1.54) is 11.6 Å². The van der Waals surface area contributed by atoms with E-state index in [1.54, 1.807) is 20.2 Å². The third-order valence-electron chi connectivity index (χ3n) is 3.87. The molecular formula is C18H26ClIN4O3S2. The number of halogens is 2. The van der Waals surface area contributed by atoms with Gasteiger partial charge in [-0.2, -0.15) is 0 Å². The van der Waals surface area contributed by atoms with Gasteiger partial charge >= 0.3 is 0 Å². The Morgan fingerprint density at radius 2 is 1.90 bits per heavy atom. The highest BCUT2D eigenvalue weighted by molar-refractivity contribution is 14.0. The first-order valence-electron chi connectivity index (χ1n) is 8.68. The summed E-state index contributed by atoms with van der Waals surface area (Å²) in [6, 6.07) is 9.13. The van der Waals surface area contributed by atoms with E-state index in [0.29, 0.717) is 23.4 Å². The van der Waals surface area contributed by atoms with Crippen molar-refractivity contribution < 1.29 is 13.2 Å². The molecule has 0 aliphatic rings. The van der Waals surface area contributed by atoms with E-state index < -0.39 is 10.0 Å². The van der Waals surface area contributed by atoms with Crippen molar-refractivity contribution in [3.8, 4) is 5.75 Å². The van der Waals surface area contributed by atoms with Gasteiger partial charge in [-0.1, -0.05) is 29.3 Å². The average Bonchev–Trinajstić information content (AvgIpc) is 3.11. The van der Waals surface area contributed by atoms with Crippen molar-refractivity contribution in [2.75, 3.05) is 33.8 Å². The molecule has 162 valence electrons. The van der Waals surface area contributed by atoms with Crippen LogP contribution >= 0.6 is 46.9 Å². The second-order valence-corrected chi connectivity index (χ2v) is 9.66. The molecule has 0 unspecified atom stereocenters. The first-order valence-corrected chi connectivity index (χ1v) is 11.4. The van der Waals surface area contributed by atoms with Crippen LogP contribution in [0.15, 0.2) is 39.5 Å². The molecule has 11 heteroatoms. The lowest BCUT2D eigenvalue weighted by molar-refractivity contribution is 0.409. The highest BCUT2D eigenvalue weighted by Gasteiger charge is 2.15. The van der Waals surface area contributed by atoms with Crippen molar-refractivity contribution in [2.24, 2.45) is 4.99 Å². The second-order valence-electron chi connectivity index (χ2n) is 5.95. The smallest absolute Gasteiger partial charge is 0.250 e. The van der Waals surface area contributed by atoms with E-state index in [4.69, 9.17) is 16.3 Å². The normalized spacial score (nSPS) is 11.7. The molecule has 0 saturated heterocycles. The summed E-state index contributed by atoms with van der Waals surface area (Å²) < 4.78 is 32.8. The Morgan fingerprint density at radius 1 is 1.17 bits per heavy atom. The number of aliphatic imine (C=N–C) groups is 1. The van der Waals surface area contributed by atoms with Gasteiger partial charge in [0.2, 0.25) is 10.0 Å². The lowest BCUT2D eigenvalue weighted by atomic mass is 10.1. The predicted octanol–water partition coefficient (Wildman–Crippen LogP) is 3.02. The molecule has 0 aliphatic carbocycles. The molecule has 0 atom stereocenters. The Labute approximate surface area is 198 Å². The number of hydrogen-bond donors (Lipinski definition) is 3. The molecule has 0 spiro atoms.